The lowest BCUT2D eigenvalue weighted by atomic mass is 10.2. The Labute approximate surface area is 228 Å². The summed E-state index contributed by atoms with van der Waals surface area (Å²) in [5, 5.41) is 4.82. The number of nitrogens with one attached hydrogen (secondary N) is 2. The van der Waals surface area contributed by atoms with Crippen LogP contribution < -0.4 is 24.8 Å². The third-order valence-electron chi connectivity index (χ3n) is 5.46. The van der Waals surface area contributed by atoms with Crippen LogP contribution in [0.3, 0.4) is 0 Å². The highest BCUT2D eigenvalue weighted by Crippen LogP contribution is 2.34. The van der Waals surface area contributed by atoms with Gasteiger partial charge in [-0.15, -0.1) is 0 Å². The predicted molar refractivity (Wildman–Crippen MR) is 148 cm³/mol. The van der Waals surface area contributed by atoms with Gasteiger partial charge in [-0.25, -0.2) is 0 Å². The molecule has 0 saturated carbocycles. The van der Waals surface area contributed by atoms with E-state index >= 15 is 0 Å². The first-order chi connectivity index (χ1) is 18.9. The quantitative estimate of drug-likeness (QED) is 0.358. The van der Waals surface area contributed by atoms with Crippen molar-refractivity contribution in [2.45, 2.75) is 0 Å². The van der Waals surface area contributed by atoms with E-state index in [1.165, 1.54) is 20.3 Å². The van der Waals surface area contributed by atoms with Gasteiger partial charge in [-0.2, -0.15) is 0 Å². The number of amides is 4. The molecule has 4 amide bonds. The molecular weight excluding hydrogens is 522 g/mol. The van der Waals surface area contributed by atoms with Crippen LogP contribution in [0.4, 0.5) is 16.2 Å². The highest BCUT2D eigenvalue weighted by Gasteiger charge is 2.36. The summed E-state index contributed by atoms with van der Waals surface area (Å²) in [7, 11) is 2.92. The number of methoxy groups -OCH3 is 2. The van der Waals surface area contributed by atoms with Gasteiger partial charge in [0, 0.05) is 5.69 Å². The van der Waals surface area contributed by atoms with Gasteiger partial charge in [0.1, 0.15) is 12.3 Å². The maximum Gasteiger partial charge on any atom is 0.294 e. The molecule has 0 spiro atoms. The van der Waals surface area contributed by atoms with Gasteiger partial charge in [0.05, 0.1) is 24.8 Å². The molecule has 0 radical (unpaired) electrons. The lowest BCUT2D eigenvalue weighted by molar-refractivity contribution is -0.127. The maximum atomic E-state index is 12.9. The van der Waals surface area contributed by atoms with E-state index in [9.17, 15) is 19.2 Å². The van der Waals surface area contributed by atoms with E-state index in [0.29, 0.717) is 34.2 Å². The Morgan fingerprint density at radius 2 is 1.56 bits per heavy atom. The van der Waals surface area contributed by atoms with Gasteiger partial charge in [0.15, 0.2) is 18.1 Å². The topological polar surface area (TPSA) is 123 Å². The normalized spacial score (nSPS) is 13.8. The largest absolute Gasteiger partial charge is 0.495 e. The minimum absolute atomic E-state index is 0.156. The number of imide groups is 1. The van der Waals surface area contributed by atoms with Gasteiger partial charge in [0.2, 0.25) is 5.91 Å². The van der Waals surface area contributed by atoms with Crippen LogP contribution in [-0.4, -0.2) is 55.2 Å². The Kier molecular flexibility index (Phi) is 8.85. The van der Waals surface area contributed by atoms with Gasteiger partial charge in [-0.1, -0.05) is 36.4 Å². The number of ether oxygens (including phenoxy) is 3. The van der Waals surface area contributed by atoms with E-state index in [4.69, 9.17) is 14.2 Å². The van der Waals surface area contributed by atoms with Crippen LogP contribution in [0.1, 0.15) is 5.56 Å². The van der Waals surface area contributed by atoms with E-state index in [1.807, 2.05) is 18.2 Å². The van der Waals surface area contributed by atoms with Crippen LogP contribution in [0.15, 0.2) is 77.7 Å². The second kappa shape index (κ2) is 12.7. The van der Waals surface area contributed by atoms with Crippen molar-refractivity contribution in [1.29, 1.82) is 0 Å². The molecule has 1 aliphatic heterocycles. The molecule has 1 aliphatic rings. The average Bonchev–Trinajstić information content (AvgIpc) is 3.20. The van der Waals surface area contributed by atoms with E-state index < -0.39 is 23.6 Å². The van der Waals surface area contributed by atoms with Crippen molar-refractivity contribution < 1.29 is 33.4 Å². The SMILES string of the molecule is COc1ccccc1NC(=O)CN1C(=O)S/C(=C\c2ccc(OCC(=O)Nc3ccccc3)c(OC)c2)C1=O. The molecule has 0 unspecified atom stereocenters. The summed E-state index contributed by atoms with van der Waals surface area (Å²) in [5.74, 6) is -0.334. The van der Waals surface area contributed by atoms with E-state index in [-0.39, 0.29) is 17.4 Å². The zero-order chi connectivity index (χ0) is 27.8. The number of anilines is 2. The molecule has 3 aromatic carbocycles. The highest BCUT2D eigenvalue weighted by atomic mass is 32.2. The third-order valence-corrected chi connectivity index (χ3v) is 6.37. The molecule has 0 aromatic heterocycles. The van der Waals surface area contributed by atoms with Crippen LogP contribution in [0.5, 0.6) is 17.2 Å². The minimum Gasteiger partial charge on any atom is -0.495 e. The van der Waals surface area contributed by atoms with E-state index in [1.54, 1.807) is 54.6 Å². The number of hydrogen-bond acceptors (Lipinski definition) is 8. The Bertz CT molecular complexity index is 1430. The van der Waals surface area contributed by atoms with Gasteiger partial charge in [-0.05, 0) is 59.8 Å². The molecule has 10 nitrogen and oxygen atoms in total. The Balaban J connectivity index is 1.39. The van der Waals surface area contributed by atoms with Crippen LogP contribution in [0.2, 0.25) is 0 Å². The van der Waals surface area contributed by atoms with Crippen molar-refractivity contribution in [2.75, 3.05) is 38.0 Å². The summed E-state index contributed by atoms with van der Waals surface area (Å²) >= 11 is 0.734. The maximum absolute atomic E-state index is 12.9. The number of nitrogens with zero attached hydrogens (tertiary/aromatic N) is 1. The van der Waals surface area contributed by atoms with Crippen molar-refractivity contribution >= 4 is 52.2 Å². The number of hydrogen-bond donors (Lipinski definition) is 2. The molecular formula is C28H25N3O7S. The summed E-state index contributed by atoms with van der Waals surface area (Å²) in [4.78, 5) is 51.1. The molecule has 0 atom stereocenters. The molecule has 39 heavy (non-hydrogen) atoms. The first kappa shape index (κ1) is 27.3. The van der Waals surface area contributed by atoms with Crippen molar-refractivity contribution in [1.82, 2.24) is 4.90 Å². The Morgan fingerprint density at radius 3 is 2.31 bits per heavy atom. The Morgan fingerprint density at radius 1 is 0.846 bits per heavy atom. The fraction of sp³-hybridized carbons (Fsp3) is 0.143. The molecule has 1 heterocycles. The van der Waals surface area contributed by atoms with Crippen LogP contribution in [0, 0.1) is 0 Å². The summed E-state index contributed by atoms with van der Waals surface area (Å²) in [6.45, 7) is -0.679. The second-order valence-electron chi connectivity index (χ2n) is 8.13. The number of rotatable bonds is 10. The highest BCUT2D eigenvalue weighted by molar-refractivity contribution is 8.18. The number of thioether (sulfide) groups is 1. The molecule has 11 heteroatoms. The van der Waals surface area contributed by atoms with Gasteiger partial charge in [0.25, 0.3) is 17.1 Å². The lowest BCUT2D eigenvalue weighted by Gasteiger charge is -2.14. The molecule has 200 valence electrons. The summed E-state index contributed by atoms with van der Waals surface area (Å²) in [5.41, 5.74) is 1.65. The first-order valence-corrected chi connectivity index (χ1v) is 12.5. The molecule has 3 aromatic rings. The number of benzene rings is 3. The van der Waals surface area contributed by atoms with Gasteiger partial charge >= 0.3 is 0 Å². The average molecular weight is 548 g/mol. The van der Waals surface area contributed by atoms with Crippen molar-refractivity contribution in [3.63, 3.8) is 0 Å². The zero-order valence-corrected chi connectivity index (χ0v) is 21.9. The standard InChI is InChI=1S/C28H25N3O7S/c1-36-21-11-7-6-10-20(21)30-25(32)16-31-27(34)24(39-28(31)35)15-18-12-13-22(23(14-18)37-2)38-17-26(33)29-19-8-4-3-5-9-19/h3-15H,16-17H2,1-2H3,(H,29,33)(H,30,32)/b24-15-. The predicted octanol–water partition coefficient (Wildman–Crippen LogP) is 4.40. The van der Waals surface area contributed by atoms with Gasteiger partial charge in [-0.3, -0.25) is 24.1 Å². The van der Waals surface area contributed by atoms with Crippen molar-refractivity contribution in [3.8, 4) is 17.2 Å². The smallest absolute Gasteiger partial charge is 0.294 e. The molecule has 0 aliphatic carbocycles. The molecule has 1 fully saturated rings. The van der Waals surface area contributed by atoms with E-state index in [0.717, 1.165) is 16.7 Å². The van der Waals surface area contributed by atoms with Crippen LogP contribution in [-0.2, 0) is 14.4 Å². The minimum atomic E-state index is -0.586. The van der Waals surface area contributed by atoms with E-state index in [2.05, 4.69) is 10.6 Å². The van der Waals surface area contributed by atoms with Gasteiger partial charge < -0.3 is 24.8 Å². The second-order valence-corrected chi connectivity index (χ2v) is 9.12. The summed E-state index contributed by atoms with van der Waals surface area (Å²) in [6, 6.07) is 20.7. The molecule has 1 saturated heterocycles. The fourth-order valence-corrected chi connectivity index (χ4v) is 4.46. The monoisotopic (exact) mass is 547 g/mol. The molecule has 0 bridgehead atoms. The van der Waals surface area contributed by atoms with Crippen molar-refractivity contribution in [3.05, 3.63) is 83.3 Å². The summed E-state index contributed by atoms with van der Waals surface area (Å²) < 4.78 is 16.2. The lowest BCUT2D eigenvalue weighted by Crippen LogP contribution is -2.36. The van der Waals surface area contributed by atoms with Crippen molar-refractivity contribution in [2.24, 2.45) is 0 Å². The number of carbonyl (C=O) groups is 4. The Hall–Kier alpha value is -4.77. The summed E-state index contributed by atoms with van der Waals surface area (Å²) in [6.07, 6.45) is 1.53. The van der Waals surface area contributed by atoms with Crippen LogP contribution >= 0.6 is 11.8 Å². The zero-order valence-electron chi connectivity index (χ0n) is 21.1. The third kappa shape index (κ3) is 6.96. The van der Waals surface area contributed by atoms with Crippen LogP contribution in [0.25, 0.3) is 6.08 Å². The molecule has 2 N–H and O–H groups in total. The number of carbonyl (C=O) groups excluding carboxylic acids is 4. The first-order valence-electron chi connectivity index (χ1n) is 11.7. The molecule has 4 rings (SSSR count). The number of para-hydroxylation sites is 3. The fourth-order valence-electron chi connectivity index (χ4n) is 3.62.